The number of hydrogen-bond donors (Lipinski definition) is 0. The Bertz CT molecular complexity index is 208. The van der Waals surface area contributed by atoms with Crippen molar-refractivity contribution in [3.63, 3.8) is 0 Å². The minimum absolute atomic E-state index is 1.19. The van der Waals surface area contributed by atoms with Gasteiger partial charge in [-0.05, 0) is 38.5 Å². The summed E-state index contributed by atoms with van der Waals surface area (Å²) in [7, 11) is 0. The van der Waals surface area contributed by atoms with Crippen LogP contribution in [0.4, 0.5) is 0 Å². The van der Waals surface area contributed by atoms with Crippen molar-refractivity contribution < 1.29 is 0 Å². The van der Waals surface area contributed by atoms with Crippen LogP contribution in [-0.2, 0) is 0 Å². The molecule has 0 N–H and O–H groups in total. The molecular weight excluding hydrogens is 360 g/mol. The molecule has 0 saturated carbocycles. The fourth-order valence-electron chi connectivity index (χ4n) is 2.15. The van der Waals surface area contributed by atoms with Gasteiger partial charge in [-0.2, -0.15) is 0 Å². The average molecular weight is 421 g/mol. The van der Waals surface area contributed by atoms with Gasteiger partial charge in [-0.25, -0.2) is 0 Å². The number of hydrogen-bond acceptors (Lipinski definition) is 0. The molecule has 0 spiro atoms. The first-order valence-electron chi connectivity index (χ1n) is 12.1. The molecule has 0 nitrogen and oxygen atoms in total. The van der Waals surface area contributed by atoms with Gasteiger partial charge in [0.15, 0.2) is 0 Å². The van der Waals surface area contributed by atoms with Crippen LogP contribution in [0.5, 0.6) is 0 Å². The van der Waals surface area contributed by atoms with E-state index in [2.05, 4.69) is 80.0 Å². The highest BCUT2D eigenvalue weighted by Crippen LogP contribution is 2.02. The van der Waals surface area contributed by atoms with Gasteiger partial charge in [0.1, 0.15) is 0 Å². The Morgan fingerprint density at radius 1 is 0.367 bits per heavy atom. The lowest BCUT2D eigenvalue weighted by atomic mass is 10.2. The number of unbranched alkanes of at least 4 members (excludes halogenated alkanes) is 12. The molecule has 30 heavy (non-hydrogen) atoms. The summed E-state index contributed by atoms with van der Waals surface area (Å²) in [6.45, 7) is 35.7. The van der Waals surface area contributed by atoms with Gasteiger partial charge in [0.2, 0.25) is 0 Å². The van der Waals surface area contributed by atoms with Crippen molar-refractivity contribution >= 4 is 0 Å². The summed E-state index contributed by atoms with van der Waals surface area (Å²) in [6, 6.07) is 0. The third kappa shape index (κ3) is 94.7. The maximum absolute atomic E-state index is 3.66. The van der Waals surface area contributed by atoms with Crippen LogP contribution in [0.15, 0.2) is 77.4 Å². The van der Waals surface area contributed by atoms with Gasteiger partial charge in [0.25, 0.3) is 0 Å². The Labute approximate surface area is 194 Å². The third-order valence-corrected chi connectivity index (χ3v) is 3.79. The molecule has 0 aliphatic carbocycles. The summed E-state index contributed by atoms with van der Waals surface area (Å²) in [5.41, 5.74) is 0. The van der Waals surface area contributed by atoms with Gasteiger partial charge in [0, 0.05) is 0 Å². The highest BCUT2D eigenvalue weighted by Gasteiger charge is 1.82. The van der Waals surface area contributed by atoms with Crippen molar-refractivity contribution in [3.8, 4) is 0 Å². The summed E-state index contributed by atoms with van der Waals surface area (Å²) >= 11 is 0. The topological polar surface area (TPSA) is 0 Å². The molecule has 0 rings (SSSR count). The van der Waals surface area contributed by atoms with Crippen LogP contribution in [-0.4, -0.2) is 0 Å². The van der Waals surface area contributed by atoms with Gasteiger partial charge >= 0.3 is 0 Å². The van der Waals surface area contributed by atoms with Crippen LogP contribution < -0.4 is 0 Å². The summed E-state index contributed by atoms with van der Waals surface area (Å²) < 4.78 is 0. The van der Waals surface area contributed by atoms with E-state index in [-0.39, 0.29) is 0 Å². The minimum Gasteiger partial charge on any atom is -0.106 e. The molecule has 0 aromatic rings. The summed E-state index contributed by atoms with van der Waals surface area (Å²) in [5.74, 6) is 0. The van der Waals surface area contributed by atoms with Crippen LogP contribution in [0.2, 0.25) is 0 Å². The largest absolute Gasteiger partial charge is 0.106 e. The molecule has 0 atom stereocenters. The first kappa shape index (κ1) is 42.5. The monoisotopic (exact) mass is 420 g/mol. The van der Waals surface area contributed by atoms with E-state index in [4.69, 9.17) is 0 Å². The molecule has 0 bridgehead atoms. The first-order chi connectivity index (χ1) is 14.7. The number of allylic oxidation sites excluding steroid dienone is 3. The predicted octanol–water partition coefficient (Wildman–Crippen LogP) is 11.8. The normalized spacial score (nSPS) is 7.70. The maximum Gasteiger partial charge on any atom is -0.0353 e. The van der Waals surface area contributed by atoms with Gasteiger partial charge in [0.05, 0.1) is 0 Å². The highest BCUT2D eigenvalue weighted by molar-refractivity contribution is 4.66. The molecule has 0 heteroatoms. The SMILES string of the molecule is C=C.C=C.C=C.C=CCCCCCC.C=CCCCCCC.C=CCCCCCC. The lowest BCUT2D eigenvalue weighted by Crippen LogP contribution is -1.71. The lowest BCUT2D eigenvalue weighted by molar-refractivity contribution is 0.675. The number of rotatable bonds is 15. The molecule has 0 aromatic carbocycles. The molecule has 0 aromatic heterocycles. The zero-order valence-electron chi connectivity index (χ0n) is 21.7. The van der Waals surface area contributed by atoms with Gasteiger partial charge in [-0.15, -0.1) is 59.2 Å². The van der Waals surface area contributed by atoms with Crippen molar-refractivity contribution in [2.75, 3.05) is 0 Å². The van der Waals surface area contributed by atoms with Crippen LogP contribution in [0.25, 0.3) is 0 Å². The van der Waals surface area contributed by atoms with Crippen LogP contribution in [0, 0.1) is 0 Å². The maximum atomic E-state index is 3.66. The zero-order valence-corrected chi connectivity index (χ0v) is 21.7. The van der Waals surface area contributed by atoms with Gasteiger partial charge < -0.3 is 0 Å². The fraction of sp³-hybridized carbons (Fsp3) is 0.600. The molecule has 0 unspecified atom stereocenters. The molecule has 0 radical (unpaired) electrons. The van der Waals surface area contributed by atoms with E-state index >= 15 is 0 Å². The summed E-state index contributed by atoms with van der Waals surface area (Å²) in [4.78, 5) is 0. The molecule has 0 amide bonds. The van der Waals surface area contributed by atoms with Gasteiger partial charge in [-0.3, -0.25) is 0 Å². The van der Waals surface area contributed by atoms with Crippen LogP contribution >= 0.6 is 0 Å². The van der Waals surface area contributed by atoms with Crippen molar-refractivity contribution in [2.24, 2.45) is 0 Å². The van der Waals surface area contributed by atoms with Gasteiger partial charge in [-0.1, -0.05) is 96.8 Å². The average Bonchev–Trinajstić information content (AvgIpc) is 2.82. The van der Waals surface area contributed by atoms with Crippen molar-refractivity contribution in [1.82, 2.24) is 0 Å². The summed E-state index contributed by atoms with van der Waals surface area (Å²) in [5, 5.41) is 0. The predicted molar refractivity (Wildman–Crippen MR) is 151 cm³/mol. The Morgan fingerprint density at radius 2 is 0.567 bits per heavy atom. The zero-order chi connectivity index (χ0) is 24.7. The quantitative estimate of drug-likeness (QED) is 0.182. The summed E-state index contributed by atoms with van der Waals surface area (Å²) in [6.07, 6.45) is 25.8. The standard InChI is InChI=1S/3C8H16.3C2H4/c3*1-3-5-7-8-6-4-2;3*1-2/h3*3H,1,4-8H2,2H3;3*1-2H2. The van der Waals surface area contributed by atoms with E-state index in [1.165, 1.54) is 96.3 Å². The second-order valence-electron chi connectivity index (χ2n) is 6.41. The van der Waals surface area contributed by atoms with Crippen LogP contribution in [0.1, 0.15) is 117 Å². The Kier molecular flexibility index (Phi) is 101. The van der Waals surface area contributed by atoms with E-state index in [1.807, 2.05) is 18.2 Å². The fourth-order valence-corrected chi connectivity index (χ4v) is 2.15. The third-order valence-electron chi connectivity index (χ3n) is 3.79. The minimum atomic E-state index is 1.19. The second-order valence-corrected chi connectivity index (χ2v) is 6.41. The van der Waals surface area contributed by atoms with Crippen molar-refractivity contribution in [1.29, 1.82) is 0 Å². The van der Waals surface area contributed by atoms with Crippen molar-refractivity contribution in [2.45, 2.75) is 117 Å². The molecule has 0 aliphatic rings. The van der Waals surface area contributed by atoms with Crippen LogP contribution in [0.3, 0.4) is 0 Å². The lowest BCUT2D eigenvalue weighted by Gasteiger charge is -1.91. The van der Waals surface area contributed by atoms with E-state index in [0.29, 0.717) is 0 Å². The van der Waals surface area contributed by atoms with E-state index in [9.17, 15) is 0 Å². The van der Waals surface area contributed by atoms with E-state index in [0.717, 1.165) is 0 Å². The Balaban J connectivity index is -0.0000000637. The highest BCUT2D eigenvalue weighted by atomic mass is 13.9. The van der Waals surface area contributed by atoms with Crippen molar-refractivity contribution in [3.05, 3.63) is 77.4 Å². The molecule has 180 valence electrons. The molecule has 0 aliphatic heterocycles. The molecule has 0 fully saturated rings. The second kappa shape index (κ2) is 71.0. The molecule has 0 heterocycles. The first-order valence-corrected chi connectivity index (χ1v) is 12.1. The molecular formula is C30H60. The Morgan fingerprint density at radius 3 is 0.700 bits per heavy atom. The smallest absolute Gasteiger partial charge is 0.0353 e. The molecule has 0 saturated heterocycles. The Hall–Kier alpha value is -1.56. The van der Waals surface area contributed by atoms with E-state index in [1.54, 1.807) is 0 Å². The van der Waals surface area contributed by atoms with E-state index < -0.39 is 0 Å².